The van der Waals surface area contributed by atoms with Crippen LogP contribution < -0.4 is 0 Å². The van der Waals surface area contributed by atoms with Gasteiger partial charge in [0.2, 0.25) is 0 Å². The highest BCUT2D eigenvalue weighted by atomic mass is 19.3. The van der Waals surface area contributed by atoms with Gasteiger partial charge in [-0.2, -0.15) is 8.78 Å². The normalized spacial score (nSPS) is 19.8. The van der Waals surface area contributed by atoms with Crippen LogP contribution in [0.2, 0.25) is 0 Å². The summed E-state index contributed by atoms with van der Waals surface area (Å²) in [4.78, 5) is 12.2. The summed E-state index contributed by atoms with van der Waals surface area (Å²) >= 11 is 0. The van der Waals surface area contributed by atoms with Crippen LogP contribution in [0.15, 0.2) is 24.3 Å². The molecule has 0 amide bonds. The monoisotopic (exact) mass is 433 g/mol. The Bertz CT molecular complexity index is 901. The van der Waals surface area contributed by atoms with E-state index in [0.717, 1.165) is 24.8 Å². The summed E-state index contributed by atoms with van der Waals surface area (Å²) in [6.45, 7) is 9.63. The maximum atomic E-state index is 15.6. The van der Waals surface area contributed by atoms with Gasteiger partial charge in [0.05, 0.1) is 22.9 Å². The van der Waals surface area contributed by atoms with Gasteiger partial charge in [-0.05, 0) is 77.5 Å². The van der Waals surface area contributed by atoms with Crippen molar-refractivity contribution in [3.63, 3.8) is 0 Å². The zero-order valence-corrected chi connectivity index (χ0v) is 19.1. The molecule has 1 heterocycles. The molecular formula is C24H33F2N3O2. The van der Waals surface area contributed by atoms with Crippen molar-refractivity contribution in [1.29, 1.82) is 0 Å². The number of halogens is 2. The van der Waals surface area contributed by atoms with E-state index >= 15 is 8.78 Å². The number of alkyl halides is 2. The van der Waals surface area contributed by atoms with Crippen LogP contribution in [0.5, 0.6) is 0 Å². The van der Waals surface area contributed by atoms with Crippen molar-refractivity contribution in [2.45, 2.75) is 90.7 Å². The fourth-order valence-corrected chi connectivity index (χ4v) is 4.01. The number of nitrogens with zero attached hydrogens (tertiary/aromatic N) is 3. The molecule has 0 saturated carbocycles. The van der Waals surface area contributed by atoms with E-state index in [9.17, 15) is 4.79 Å². The van der Waals surface area contributed by atoms with Crippen LogP contribution >= 0.6 is 0 Å². The van der Waals surface area contributed by atoms with Gasteiger partial charge in [0.15, 0.2) is 5.69 Å². The van der Waals surface area contributed by atoms with Crippen molar-refractivity contribution in [3.05, 3.63) is 46.8 Å². The predicted octanol–water partition coefficient (Wildman–Crippen LogP) is 5.67. The van der Waals surface area contributed by atoms with E-state index in [1.807, 2.05) is 34.6 Å². The Morgan fingerprint density at radius 1 is 1.26 bits per heavy atom. The third-order valence-electron chi connectivity index (χ3n) is 6.00. The van der Waals surface area contributed by atoms with Crippen molar-refractivity contribution >= 4 is 5.97 Å². The van der Waals surface area contributed by atoms with Crippen LogP contribution in [0, 0.1) is 5.92 Å². The van der Waals surface area contributed by atoms with Crippen LogP contribution in [0.4, 0.5) is 8.78 Å². The van der Waals surface area contributed by atoms with Gasteiger partial charge in [0.25, 0.3) is 5.92 Å². The molecule has 0 spiro atoms. The SMILES string of the molecule is CCC(C)OC(=O)c1ccc(CC2CCCCc3c(nnn3C(C)(C)C)C2(F)F)cc1. The van der Waals surface area contributed by atoms with Gasteiger partial charge >= 0.3 is 5.97 Å². The maximum Gasteiger partial charge on any atom is 0.338 e. The molecule has 2 atom stereocenters. The second-order valence-corrected chi connectivity index (χ2v) is 9.56. The van der Waals surface area contributed by atoms with E-state index in [-0.39, 0.29) is 24.2 Å². The number of benzene rings is 1. The standard InChI is InChI=1S/C24H33F2N3O2/c1-6-16(2)31-22(30)18-13-11-17(12-14-18)15-19-9-7-8-10-20-21(24(19,25)26)27-28-29(20)23(3,4)5/h11-14,16,19H,6-10,15H2,1-5H3. The largest absolute Gasteiger partial charge is 0.459 e. The topological polar surface area (TPSA) is 57.0 Å². The van der Waals surface area contributed by atoms with Gasteiger partial charge in [-0.25, -0.2) is 9.48 Å². The number of rotatable bonds is 5. The molecule has 0 N–H and O–H groups in total. The lowest BCUT2D eigenvalue weighted by Gasteiger charge is -2.29. The summed E-state index contributed by atoms with van der Waals surface area (Å²) < 4.78 is 38.2. The minimum absolute atomic E-state index is 0.156. The molecule has 0 saturated heterocycles. The highest BCUT2D eigenvalue weighted by molar-refractivity contribution is 5.89. The number of carbonyl (C=O) groups excluding carboxylic acids is 1. The molecule has 0 fully saturated rings. The molecule has 2 unspecified atom stereocenters. The van der Waals surface area contributed by atoms with Gasteiger partial charge in [-0.1, -0.05) is 30.7 Å². The Balaban J connectivity index is 1.81. The van der Waals surface area contributed by atoms with E-state index in [0.29, 0.717) is 24.1 Å². The number of carbonyl (C=O) groups is 1. The first-order chi connectivity index (χ1) is 14.5. The summed E-state index contributed by atoms with van der Waals surface area (Å²) in [5, 5.41) is 8.03. The molecule has 5 nitrogen and oxygen atoms in total. The van der Waals surface area contributed by atoms with Crippen LogP contribution in [-0.4, -0.2) is 27.1 Å². The average molecular weight is 434 g/mol. The van der Waals surface area contributed by atoms with Gasteiger partial charge in [0, 0.05) is 5.92 Å². The zero-order chi connectivity index (χ0) is 22.8. The molecule has 0 aliphatic heterocycles. The van der Waals surface area contributed by atoms with E-state index in [1.165, 1.54) is 0 Å². The number of hydrogen-bond donors (Lipinski definition) is 0. The summed E-state index contributed by atoms with van der Waals surface area (Å²) in [6.07, 6.45) is 3.36. The smallest absolute Gasteiger partial charge is 0.338 e. The molecule has 1 aliphatic carbocycles. The zero-order valence-electron chi connectivity index (χ0n) is 19.1. The summed E-state index contributed by atoms with van der Waals surface area (Å²) in [6, 6.07) is 6.80. The van der Waals surface area contributed by atoms with Crippen LogP contribution in [0.25, 0.3) is 0 Å². The fraction of sp³-hybridized carbons (Fsp3) is 0.625. The third-order valence-corrected chi connectivity index (χ3v) is 6.00. The van der Waals surface area contributed by atoms with Crippen molar-refractivity contribution in [3.8, 4) is 0 Å². The molecule has 7 heteroatoms. The Labute approximate surface area is 183 Å². The van der Waals surface area contributed by atoms with Gasteiger partial charge in [-0.15, -0.1) is 5.10 Å². The highest BCUT2D eigenvalue weighted by Crippen LogP contribution is 2.43. The van der Waals surface area contributed by atoms with E-state index in [4.69, 9.17) is 4.74 Å². The van der Waals surface area contributed by atoms with E-state index < -0.39 is 17.4 Å². The van der Waals surface area contributed by atoms with Crippen LogP contribution in [0.1, 0.15) is 87.6 Å². The van der Waals surface area contributed by atoms with Gasteiger partial charge in [-0.3, -0.25) is 0 Å². The van der Waals surface area contributed by atoms with E-state index in [1.54, 1.807) is 28.9 Å². The Morgan fingerprint density at radius 2 is 1.94 bits per heavy atom. The van der Waals surface area contributed by atoms with Crippen molar-refractivity contribution in [2.24, 2.45) is 5.92 Å². The summed E-state index contributed by atoms with van der Waals surface area (Å²) in [5.41, 5.74) is 1.18. The molecule has 2 aromatic rings. The van der Waals surface area contributed by atoms with Gasteiger partial charge < -0.3 is 4.74 Å². The van der Waals surface area contributed by atoms with Crippen LogP contribution in [-0.2, 0) is 29.0 Å². The minimum Gasteiger partial charge on any atom is -0.459 e. The summed E-state index contributed by atoms with van der Waals surface area (Å²) in [7, 11) is 0. The van der Waals surface area contributed by atoms with Gasteiger partial charge in [0.1, 0.15) is 0 Å². The molecule has 31 heavy (non-hydrogen) atoms. The Morgan fingerprint density at radius 3 is 2.55 bits per heavy atom. The molecule has 3 rings (SSSR count). The number of aromatic nitrogens is 3. The first-order valence-corrected chi connectivity index (χ1v) is 11.2. The fourth-order valence-electron chi connectivity index (χ4n) is 4.01. The molecule has 170 valence electrons. The average Bonchev–Trinajstić information content (AvgIpc) is 3.14. The minimum atomic E-state index is -3.06. The molecule has 1 aliphatic rings. The van der Waals surface area contributed by atoms with E-state index in [2.05, 4.69) is 10.3 Å². The predicted molar refractivity (Wildman–Crippen MR) is 115 cm³/mol. The lowest BCUT2D eigenvalue weighted by molar-refractivity contribution is -0.0751. The quantitative estimate of drug-likeness (QED) is 0.571. The van der Waals surface area contributed by atoms with Crippen molar-refractivity contribution in [1.82, 2.24) is 15.0 Å². The Kier molecular flexibility index (Phi) is 6.82. The maximum absolute atomic E-state index is 15.6. The third kappa shape index (κ3) is 5.13. The molecule has 1 aromatic carbocycles. The molecule has 1 aromatic heterocycles. The number of hydrogen-bond acceptors (Lipinski definition) is 4. The van der Waals surface area contributed by atoms with Crippen LogP contribution in [0.3, 0.4) is 0 Å². The second-order valence-electron chi connectivity index (χ2n) is 9.56. The molecule has 0 radical (unpaired) electrons. The lowest BCUT2D eigenvalue weighted by atomic mass is 9.83. The van der Waals surface area contributed by atoms with Crippen molar-refractivity contribution < 1.29 is 18.3 Å². The molecule has 0 bridgehead atoms. The Hall–Kier alpha value is -2.31. The number of ether oxygens (including phenoxy) is 1. The first-order valence-electron chi connectivity index (χ1n) is 11.2. The summed E-state index contributed by atoms with van der Waals surface area (Å²) in [5.74, 6) is -4.32. The number of esters is 1. The first kappa shape index (κ1) is 23.4. The number of fused-ring (bicyclic) bond motifs is 1. The lowest BCUT2D eigenvalue weighted by Crippen LogP contribution is -2.32. The van der Waals surface area contributed by atoms with Crippen molar-refractivity contribution in [2.75, 3.05) is 0 Å². The second kappa shape index (κ2) is 9.05. The molecular weight excluding hydrogens is 400 g/mol. The highest BCUT2D eigenvalue weighted by Gasteiger charge is 2.47.